The summed E-state index contributed by atoms with van der Waals surface area (Å²) in [4.78, 5) is 75.7. The second-order valence-electron chi connectivity index (χ2n) is 11.0. The molecule has 2 aromatic carbocycles. The number of amides is 4. The number of hydrogen-bond acceptors (Lipinski definition) is 9. The number of carbonyl (C=O) groups excluding carboxylic acids is 4. The van der Waals surface area contributed by atoms with Crippen LogP contribution in [-0.4, -0.2) is 94.2 Å². The van der Waals surface area contributed by atoms with Gasteiger partial charge in [-0.15, -0.1) is 0 Å². The number of aliphatic hydroxyl groups is 1. The molecule has 11 N–H and O–H groups in total. The van der Waals surface area contributed by atoms with Crippen molar-refractivity contribution in [1.82, 2.24) is 21.3 Å². The summed E-state index contributed by atoms with van der Waals surface area (Å²) in [5.41, 5.74) is 12.8. The highest BCUT2D eigenvalue weighted by Gasteiger charge is 2.32. The van der Waals surface area contributed by atoms with Gasteiger partial charge in [0.05, 0.1) is 12.6 Å². The first-order chi connectivity index (χ1) is 22.4. The summed E-state index contributed by atoms with van der Waals surface area (Å²) in [7, 11) is 0. The number of unbranched alkanes of at least 4 members (excludes halogenated alkanes) is 1. The van der Waals surface area contributed by atoms with Crippen molar-refractivity contribution in [1.29, 1.82) is 0 Å². The number of nitrogens with two attached hydrogens (primary N) is 2. The predicted octanol–water partition coefficient (Wildman–Crippen LogP) is -1.19. The third-order valence-corrected chi connectivity index (χ3v) is 7.21. The van der Waals surface area contributed by atoms with Crippen LogP contribution in [0.5, 0.6) is 0 Å². The second kappa shape index (κ2) is 20.3. The summed E-state index contributed by atoms with van der Waals surface area (Å²) in [5, 5.41) is 38.5. The zero-order valence-electron chi connectivity index (χ0n) is 26.0. The van der Waals surface area contributed by atoms with E-state index in [0.29, 0.717) is 36.9 Å². The highest BCUT2D eigenvalue weighted by Crippen LogP contribution is 2.08. The van der Waals surface area contributed by atoms with Crippen molar-refractivity contribution in [2.24, 2.45) is 11.5 Å². The number of rotatable bonds is 21. The van der Waals surface area contributed by atoms with E-state index in [1.54, 1.807) is 60.7 Å². The van der Waals surface area contributed by atoms with Gasteiger partial charge in [0.1, 0.15) is 24.2 Å². The summed E-state index contributed by atoms with van der Waals surface area (Å²) < 4.78 is 0. The van der Waals surface area contributed by atoms with Gasteiger partial charge in [0, 0.05) is 19.3 Å². The van der Waals surface area contributed by atoms with E-state index >= 15 is 0 Å². The molecule has 0 bridgehead atoms. The summed E-state index contributed by atoms with van der Waals surface area (Å²) in [6.45, 7) is -0.480. The smallest absolute Gasteiger partial charge is 0.326 e. The fourth-order valence-corrected chi connectivity index (χ4v) is 4.58. The highest BCUT2D eigenvalue weighted by molar-refractivity contribution is 5.95. The average Bonchev–Trinajstić information content (AvgIpc) is 3.05. The minimum atomic E-state index is -1.62. The molecule has 0 saturated carbocycles. The molecule has 0 radical (unpaired) electrons. The molecular formula is C32H44N6O9. The Labute approximate surface area is 272 Å². The maximum atomic E-state index is 13.4. The molecule has 47 heavy (non-hydrogen) atoms. The van der Waals surface area contributed by atoms with Crippen LogP contribution in [0.2, 0.25) is 0 Å². The Hall–Kier alpha value is -4.86. The van der Waals surface area contributed by atoms with E-state index < -0.39 is 85.2 Å². The Morgan fingerprint density at radius 2 is 1.09 bits per heavy atom. The molecule has 256 valence electrons. The maximum absolute atomic E-state index is 13.4. The highest BCUT2D eigenvalue weighted by atomic mass is 16.4. The van der Waals surface area contributed by atoms with Gasteiger partial charge in [0.2, 0.25) is 23.6 Å². The zero-order valence-corrected chi connectivity index (χ0v) is 26.0. The number of aliphatic carboxylic acids is 2. The van der Waals surface area contributed by atoms with Crippen molar-refractivity contribution >= 4 is 35.6 Å². The van der Waals surface area contributed by atoms with Crippen molar-refractivity contribution in [2.75, 3.05) is 13.2 Å². The molecule has 0 saturated heterocycles. The molecule has 4 amide bonds. The SMILES string of the molecule is NCCCC[C@H](N)C(=O)N[C@@H](Cc1ccccc1)C(=O)N[C@@H](CO)C(=O)N[C@@H](CCC(=O)O)C(=O)N[C@@H](Cc1ccccc1)C(=O)O. The lowest BCUT2D eigenvalue weighted by Crippen LogP contribution is -2.59. The molecule has 0 spiro atoms. The van der Waals surface area contributed by atoms with Crippen molar-refractivity contribution in [3.8, 4) is 0 Å². The van der Waals surface area contributed by atoms with Gasteiger partial charge in [-0.25, -0.2) is 4.79 Å². The molecule has 0 aromatic heterocycles. The van der Waals surface area contributed by atoms with Gasteiger partial charge in [-0.2, -0.15) is 0 Å². The lowest BCUT2D eigenvalue weighted by molar-refractivity contribution is -0.143. The van der Waals surface area contributed by atoms with Gasteiger partial charge in [0.25, 0.3) is 0 Å². The van der Waals surface area contributed by atoms with Gasteiger partial charge in [-0.05, 0) is 36.9 Å². The van der Waals surface area contributed by atoms with Crippen LogP contribution in [0.4, 0.5) is 0 Å². The molecule has 0 fully saturated rings. The molecular weight excluding hydrogens is 612 g/mol. The molecule has 0 aliphatic carbocycles. The van der Waals surface area contributed by atoms with Gasteiger partial charge in [0.15, 0.2) is 0 Å². The third kappa shape index (κ3) is 14.0. The summed E-state index contributed by atoms with van der Waals surface area (Å²) in [6.07, 6.45) is 0.573. The molecule has 0 unspecified atom stereocenters. The first-order valence-corrected chi connectivity index (χ1v) is 15.3. The van der Waals surface area contributed by atoms with Gasteiger partial charge in [-0.1, -0.05) is 67.1 Å². The lowest BCUT2D eigenvalue weighted by Gasteiger charge is -2.25. The van der Waals surface area contributed by atoms with E-state index in [-0.39, 0.29) is 12.8 Å². The Morgan fingerprint density at radius 3 is 1.60 bits per heavy atom. The van der Waals surface area contributed by atoms with E-state index in [9.17, 15) is 44.1 Å². The fourth-order valence-electron chi connectivity index (χ4n) is 4.58. The summed E-state index contributed by atoms with van der Waals surface area (Å²) >= 11 is 0. The van der Waals surface area contributed by atoms with Crippen molar-refractivity contribution in [2.45, 2.75) is 75.2 Å². The van der Waals surface area contributed by atoms with Crippen LogP contribution in [0.15, 0.2) is 60.7 Å². The van der Waals surface area contributed by atoms with E-state index in [1.165, 1.54) is 0 Å². The van der Waals surface area contributed by atoms with Crippen molar-refractivity contribution in [3.05, 3.63) is 71.8 Å². The monoisotopic (exact) mass is 656 g/mol. The molecule has 15 heteroatoms. The minimum Gasteiger partial charge on any atom is -0.481 e. The van der Waals surface area contributed by atoms with E-state index in [2.05, 4.69) is 21.3 Å². The standard InChI is InChI=1S/C32H44N6O9/c33-16-8-7-13-22(34)28(42)36-24(17-20-9-3-1-4-10-20)30(44)38-26(19-39)31(45)35-23(14-15-27(40)41)29(43)37-25(32(46)47)18-21-11-5-2-6-12-21/h1-6,9-12,22-26,39H,7-8,13-19,33-34H2,(H,35,45)(H,36,42)(H,37,43)(H,38,44)(H,40,41)(H,46,47)/t22-,23-,24-,25-,26-/m0/s1. The number of nitrogens with one attached hydrogen (secondary N) is 4. The Morgan fingerprint density at radius 1 is 0.617 bits per heavy atom. The fraction of sp³-hybridized carbons (Fsp3) is 0.438. The topological polar surface area (TPSA) is 263 Å². The molecule has 0 heterocycles. The first-order valence-electron chi connectivity index (χ1n) is 15.3. The number of aliphatic hydroxyl groups excluding tert-OH is 1. The van der Waals surface area contributed by atoms with Crippen LogP contribution in [0.3, 0.4) is 0 Å². The number of carbonyl (C=O) groups is 6. The second-order valence-corrected chi connectivity index (χ2v) is 11.0. The van der Waals surface area contributed by atoms with Crippen LogP contribution in [0.25, 0.3) is 0 Å². The largest absolute Gasteiger partial charge is 0.481 e. The van der Waals surface area contributed by atoms with Gasteiger partial charge >= 0.3 is 11.9 Å². The van der Waals surface area contributed by atoms with Crippen LogP contribution < -0.4 is 32.7 Å². The Bertz CT molecular complexity index is 1330. The van der Waals surface area contributed by atoms with E-state index in [4.69, 9.17) is 11.5 Å². The average molecular weight is 657 g/mol. The lowest BCUT2D eigenvalue weighted by atomic mass is 10.0. The van der Waals surface area contributed by atoms with Crippen molar-refractivity contribution < 1.29 is 44.1 Å². The van der Waals surface area contributed by atoms with Gasteiger partial charge in [-0.3, -0.25) is 24.0 Å². The molecule has 0 aliphatic rings. The maximum Gasteiger partial charge on any atom is 0.326 e. The van der Waals surface area contributed by atoms with Gasteiger partial charge < -0.3 is 48.1 Å². The summed E-state index contributed by atoms with van der Waals surface area (Å²) in [5.74, 6) is -6.06. The molecule has 15 nitrogen and oxygen atoms in total. The molecule has 0 aliphatic heterocycles. The Kier molecular flexibility index (Phi) is 16.6. The third-order valence-electron chi connectivity index (χ3n) is 7.21. The molecule has 2 aromatic rings. The molecule has 5 atom stereocenters. The zero-order chi connectivity index (χ0) is 34.8. The van der Waals surface area contributed by atoms with Crippen LogP contribution >= 0.6 is 0 Å². The predicted molar refractivity (Wildman–Crippen MR) is 170 cm³/mol. The van der Waals surface area contributed by atoms with Crippen LogP contribution in [0.1, 0.15) is 43.2 Å². The Balaban J connectivity index is 2.18. The van der Waals surface area contributed by atoms with Crippen LogP contribution in [-0.2, 0) is 41.6 Å². The van der Waals surface area contributed by atoms with E-state index in [1.807, 2.05) is 0 Å². The normalized spacial score (nSPS) is 14.0. The first kappa shape index (κ1) is 38.3. The number of hydrogen-bond donors (Lipinski definition) is 9. The number of benzene rings is 2. The van der Waals surface area contributed by atoms with E-state index in [0.717, 1.165) is 0 Å². The number of carboxylic acid groups (broad SMARTS) is 2. The summed E-state index contributed by atoms with van der Waals surface area (Å²) in [6, 6.07) is 10.5. The molecule has 2 rings (SSSR count). The van der Waals surface area contributed by atoms with Crippen LogP contribution in [0, 0.1) is 0 Å². The van der Waals surface area contributed by atoms with Crippen molar-refractivity contribution in [3.63, 3.8) is 0 Å². The quantitative estimate of drug-likeness (QED) is 0.0721. The number of carboxylic acids is 2. The minimum absolute atomic E-state index is 0.0231.